The van der Waals surface area contributed by atoms with Gasteiger partial charge in [-0.1, -0.05) is 6.42 Å². The van der Waals surface area contributed by atoms with Crippen LogP contribution >= 0.6 is 0 Å². The monoisotopic (exact) mass is 129 g/mol. The Morgan fingerprint density at radius 2 is 1.44 bits per heavy atom. The van der Waals surface area contributed by atoms with Crippen molar-refractivity contribution in [1.29, 1.82) is 11.1 Å². The lowest BCUT2D eigenvalue weighted by atomic mass is 10.2. The Morgan fingerprint density at radius 1 is 1.00 bits per heavy atom. The van der Waals surface area contributed by atoms with Crippen molar-refractivity contribution in [2.75, 3.05) is 13.1 Å². The maximum atomic E-state index is 5.50. The van der Waals surface area contributed by atoms with Gasteiger partial charge in [0.1, 0.15) is 11.1 Å². The largest absolute Gasteiger partial charge is 0.317 e. The van der Waals surface area contributed by atoms with Crippen molar-refractivity contribution < 1.29 is 0 Å². The summed E-state index contributed by atoms with van der Waals surface area (Å²) >= 11 is 0. The Bertz CT molecular complexity index is 69.4. The van der Waals surface area contributed by atoms with Crippen molar-refractivity contribution in [2.24, 2.45) is 0 Å². The fourth-order valence-corrected chi connectivity index (χ4v) is 0.802. The average Bonchev–Trinajstić information content (AvgIpc) is 1.93. The van der Waals surface area contributed by atoms with Crippen LogP contribution in [0.1, 0.15) is 19.3 Å². The van der Waals surface area contributed by atoms with E-state index in [0.29, 0.717) is 0 Å². The van der Waals surface area contributed by atoms with Crippen LogP contribution in [0.5, 0.6) is 0 Å². The molecule has 1 saturated heterocycles. The topological polar surface area (TPSA) is 73.8 Å². The molecule has 0 unspecified atom stereocenters. The zero-order chi connectivity index (χ0) is 6.95. The molecule has 0 bridgehead atoms. The van der Waals surface area contributed by atoms with E-state index in [-0.39, 0.29) is 0 Å². The highest BCUT2D eigenvalue weighted by Crippen LogP contribution is 1.96. The summed E-state index contributed by atoms with van der Waals surface area (Å²) in [6.07, 6.45) is 4.22. The molecule has 0 aliphatic carbocycles. The van der Waals surface area contributed by atoms with Crippen molar-refractivity contribution >= 4 is 0 Å². The SMILES string of the molecule is C1CCNCC1.N=[N+]=N. The van der Waals surface area contributed by atoms with Crippen molar-refractivity contribution in [2.45, 2.75) is 19.3 Å². The molecule has 0 aromatic rings. The highest BCUT2D eigenvalue weighted by molar-refractivity contribution is 4.55. The molecule has 3 N–H and O–H groups in total. The summed E-state index contributed by atoms with van der Waals surface area (Å²) < 4.78 is 0. The van der Waals surface area contributed by atoms with Gasteiger partial charge in [-0.25, -0.2) is 0 Å². The smallest absolute Gasteiger partial charge is 0.211 e. The van der Waals surface area contributed by atoms with Crippen LogP contribution in [-0.4, -0.2) is 13.1 Å². The van der Waals surface area contributed by atoms with Crippen LogP contribution in [0.2, 0.25) is 0 Å². The molecule has 1 aliphatic heterocycles. The molecule has 9 heavy (non-hydrogen) atoms. The molecule has 1 aliphatic rings. The van der Waals surface area contributed by atoms with Crippen LogP contribution in [0.15, 0.2) is 0 Å². The lowest BCUT2D eigenvalue weighted by Crippen LogP contribution is -2.21. The van der Waals surface area contributed by atoms with E-state index in [9.17, 15) is 0 Å². The van der Waals surface area contributed by atoms with Gasteiger partial charge in [0.25, 0.3) is 0 Å². The summed E-state index contributed by atoms with van der Waals surface area (Å²) in [5, 5.41) is 3.28. The minimum atomic E-state index is 1.25. The number of piperidine rings is 1. The van der Waals surface area contributed by atoms with Gasteiger partial charge in [0.2, 0.25) is 4.91 Å². The van der Waals surface area contributed by atoms with Crippen LogP contribution in [0.3, 0.4) is 0 Å². The van der Waals surface area contributed by atoms with Crippen LogP contribution in [-0.2, 0) is 0 Å². The second-order valence-electron chi connectivity index (χ2n) is 1.92. The van der Waals surface area contributed by atoms with E-state index in [1.165, 1.54) is 32.4 Å². The van der Waals surface area contributed by atoms with E-state index in [2.05, 4.69) is 5.32 Å². The molecule has 0 amide bonds. The molecule has 0 atom stereocenters. The van der Waals surface area contributed by atoms with Gasteiger partial charge in [0.15, 0.2) is 0 Å². The first-order chi connectivity index (χ1) is 4.41. The average molecular weight is 129 g/mol. The highest BCUT2D eigenvalue weighted by Gasteiger charge is 1.93. The summed E-state index contributed by atoms with van der Waals surface area (Å²) in [4.78, 5) is 2.00. The van der Waals surface area contributed by atoms with Gasteiger partial charge in [0.05, 0.1) is 0 Å². The van der Waals surface area contributed by atoms with Crippen LogP contribution < -0.4 is 10.2 Å². The van der Waals surface area contributed by atoms with E-state index < -0.39 is 0 Å². The van der Waals surface area contributed by atoms with E-state index >= 15 is 0 Å². The first kappa shape index (κ1) is 8.27. The number of nitrogens with one attached hydrogen (secondary N) is 3. The van der Waals surface area contributed by atoms with Gasteiger partial charge in [0, 0.05) is 0 Å². The zero-order valence-electron chi connectivity index (χ0n) is 5.48. The number of hydrogen-bond acceptors (Lipinski definition) is 3. The summed E-state index contributed by atoms with van der Waals surface area (Å²) in [6.45, 7) is 2.50. The molecule has 0 spiro atoms. The number of nitrogens with zero attached hydrogens (tertiary/aromatic N) is 1. The lowest BCUT2D eigenvalue weighted by molar-refractivity contribution is 0.520. The molecule has 1 heterocycles. The van der Waals surface area contributed by atoms with Crippen LogP contribution in [0, 0.1) is 11.1 Å². The van der Waals surface area contributed by atoms with Crippen molar-refractivity contribution in [3.05, 3.63) is 0 Å². The standard InChI is InChI=1S/C5H11N.H2N3/c1-2-4-6-5-3-1;1-3-2/h6H,1-5H2;1-2H/q;+1. The molecule has 0 aromatic heterocycles. The zero-order valence-corrected chi connectivity index (χ0v) is 5.48. The molecule has 0 saturated carbocycles. The number of hydrogen-bond donors (Lipinski definition) is 3. The Labute approximate surface area is 54.7 Å². The fourth-order valence-electron chi connectivity index (χ4n) is 0.802. The Kier molecular flexibility index (Phi) is 6.68. The van der Waals surface area contributed by atoms with Crippen molar-refractivity contribution in [3.63, 3.8) is 0 Å². The van der Waals surface area contributed by atoms with E-state index in [1.807, 2.05) is 4.91 Å². The Balaban J connectivity index is 0.000000187. The predicted octanol–water partition coefficient (Wildman–Crippen LogP) is 0.875. The van der Waals surface area contributed by atoms with Crippen LogP contribution in [0.25, 0.3) is 0 Å². The number of rotatable bonds is 0. The van der Waals surface area contributed by atoms with Gasteiger partial charge in [-0.3, -0.25) is 0 Å². The lowest BCUT2D eigenvalue weighted by Gasteiger charge is -2.08. The normalized spacial score (nSPS) is 16.9. The Morgan fingerprint density at radius 3 is 1.56 bits per heavy atom. The summed E-state index contributed by atoms with van der Waals surface area (Å²) in [5.41, 5.74) is 11.0. The summed E-state index contributed by atoms with van der Waals surface area (Å²) in [5.74, 6) is 0. The molecule has 4 heteroatoms. The molecular formula is C5H13N4+. The third kappa shape index (κ3) is 7.27. The Hall–Kier alpha value is -0.730. The minimum Gasteiger partial charge on any atom is -0.317 e. The summed E-state index contributed by atoms with van der Waals surface area (Å²) in [7, 11) is 0. The van der Waals surface area contributed by atoms with Gasteiger partial charge in [-0.05, 0) is 25.9 Å². The molecule has 52 valence electrons. The van der Waals surface area contributed by atoms with E-state index in [0.717, 1.165) is 0 Å². The third-order valence-corrected chi connectivity index (χ3v) is 1.21. The van der Waals surface area contributed by atoms with Crippen molar-refractivity contribution in [1.82, 2.24) is 10.2 Å². The second-order valence-corrected chi connectivity index (χ2v) is 1.92. The third-order valence-electron chi connectivity index (χ3n) is 1.21. The molecule has 4 nitrogen and oxygen atoms in total. The molecule has 1 fully saturated rings. The van der Waals surface area contributed by atoms with Gasteiger partial charge >= 0.3 is 0 Å². The first-order valence-electron chi connectivity index (χ1n) is 3.15. The predicted molar refractivity (Wildman–Crippen MR) is 34.3 cm³/mol. The highest BCUT2D eigenvalue weighted by atomic mass is 15.0. The van der Waals surface area contributed by atoms with Crippen LogP contribution in [0.4, 0.5) is 0 Å². The maximum absolute atomic E-state index is 5.50. The molecule has 0 radical (unpaired) electrons. The molecule has 1 rings (SSSR count). The van der Waals surface area contributed by atoms with E-state index in [4.69, 9.17) is 11.1 Å². The molecule has 0 aromatic carbocycles. The van der Waals surface area contributed by atoms with Gasteiger partial charge in [-0.15, -0.1) is 0 Å². The van der Waals surface area contributed by atoms with Gasteiger partial charge in [-0.2, -0.15) is 0 Å². The van der Waals surface area contributed by atoms with Crippen molar-refractivity contribution in [3.8, 4) is 0 Å². The quantitative estimate of drug-likeness (QED) is 0.329. The minimum absolute atomic E-state index is 1.25. The second kappa shape index (κ2) is 7.27. The molecular weight excluding hydrogens is 116 g/mol. The first-order valence-corrected chi connectivity index (χ1v) is 3.15. The maximum Gasteiger partial charge on any atom is 0.211 e. The van der Waals surface area contributed by atoms with E-state index in [1.54, 1.807) is 0 Å². The summed E-state index contributed by atoms with van der Waals surface area (Å²) in [6, 6.07) is 0. The fraction of sp³-hybridized carbons (Fsp3) is 1.00. The van der Waals surface area contributed by atoms with Gasteiger partial charge < -0.3 is 5.32 Å².